The molecule has 86 valence electrons. The molecule has 1 aromatic rings. The predicted molar refractivity (Wildman–Crippen MR) is 67.3 cm³/mol. The molecule has 16 heavy (non-hydrogen) atoms. The van der Waals surface area contributed by atoms with Gasteiger partial charge >= 0.3 is 0 Å². The van der Waals surface area contributed by atoms with Crippen LogP contribution in [0.1, 0.15) is 31.7 Å². The van der Waals surface area contributed by atoms with Crippen LogP contribution in [0.4, 0.5) is 0 Å². The van der Waals surface area contributed by atoms with E-state index >= 15 is 0 Å². The first-order valence-electron chi connectivity index (χ1n) is 6.64. The molecule has 0 aliphatic carbocycles. The van der Waals surface area contributed by atoms with Crippen LogP contribution >= 0.6 is 0 Å². The minimum atomic E-state index is 0.557. The van der Waals surface area contributed by atoms with Crippen molar-refractivity contribution in [1.82, 2.24) is 0 Å². The maximum atomic E-state index is 2.49. The van der Waals surface area contributed by atoms with Gasteiger partial charge in [-0.3, -0.25) is 0 Å². The zero-order valence-corrected chi connectivity index (χ0v) is 10.3. The smallest absolute Gasteiger partial charge is 0.150 e. The van der Waals surface area contributed by atoms with E-state index in [9.17, 15) is 0 Å². The molecule has 1 atom stereocenters. The van der Waals surface area contributed by atoms with Crippen molar-refractivity contribution in [2.24, 2.45) is 0 Å². The standard InChI is InChI=1S/C15H22N/c1-15(12-14-8-4-2-5-9-14)13-16(15)10-6-3-7-11-16/h2,4-5,8-9H,3,6-7,10-13H2,1H3/q+1/t15-/m0/s1. The largest absolute Gasteiger partial charge is 0.309 e. The van der Waals surface area contributed by atoms with E-state index in [1.807, 2.05) is 0 Å². The van der Waals surface area contributed by atoms with Crippen molar-refractivity contribution in [3.05, 3.63) is 35.9 Å². The molecule has 1 aromatic carbocycles. The molecule has 1 spiro atoms. The van der Waals surface area contributed by atoms with Gasteiger partial charge in [0.2, 0.25) is 0 Å². The van der Waals surface area contributed by atoms with E-state index in [1.54, 1.807) is 0 Å². The van der Waals surface area contributed by atoms with Gasteiger partial charge in [-0.05, 0) is 31.7 Å². The van der Waals surface area contributed by atoms with Gasteiger partial charge in [-0.1, -0.05) is 30.3 Å². The third-order valence-electron chi connectivity index (χ3n) is 4.79. The molecule has 2 fully saturated rings. The first kappa shape index (κ1) is 10.3. The highest BCUT2D eigenvalue weighted by Crippen LogP contribution is 2.47. The fraction of sp³-hybridized carbons (Fsp3) is 0.600. The Bertz CT molecular complexity index is 364. The first-order chi connectivity index (χ1) is 7.74. The quantitative estimate of drug-likeness (QED) is 0.526. The number of hydrogen-bond acceptors (Lipinski definition) is 0. The summed E-state index contributed by atoms with van der Waals surface area (Å²) < 4.78 is 1.42. The summed E-state index contributed by atoms with van der Waals surface area (Å²) in [5, 5.41) is 0. The Morgan fingerprint density at radius 3 is 2.44 bits per heavy atom. The second-order valence-electron chi connectivity index (χ2n) is 5.97. The summed E-state index contributed by atoms with van der Waals surface area (Å²) in [5.41, 5.74) is 2.08. The molecule has 2 aliphatic rings. The Morgan fingerprint density at radius 2 is 1.75 bits per heavy atom. The predicted octanol–water partition coefficient (Wildman–Crippen LogP) is 3.00. The van der Waals surface area contributed by atoms with Gasteiger partial charge in [0.1, 0.15) is 12.1 Å². The molecular formula is C15H22N+. The van der Waals surface area contributed by atoms with Crippen molar-refractivity contribution in [3.8, 4) is 0 Å². The second-order valence-corrected chi connectivity index (χ2v) is 5.97. The van der Waals surface area contributed by atoms with E-state index in [2.05, 4.69) is 37.3 Å². The number of hydrogen-bond donors (Lipinski definition) is 0. The summed E-state index contributed by atoms with van der Waals surface area (Å²) in [6.45, 7) is 6.78. The third kappa shape index (κ3) is 1.58. The molecule has 3 rings (SSSR count). The molecule has 0 radical (unpaired) electrons. The van der Waals surface area contributed by atoms with E-state index < -0.39 is 0 Å². The minimum absolute atomic E-state index is 0.557. The minimum Gasteiger partial charge on any atom is -0.309 e. The number of benzene rings is 1. The lowest BCUT2D eigenvalue weighted by Gasteiger charge is -2.29. The van der Waals surface area contributed by atoms with Crippen LogP contribution in [0.5, 0.6) is 0 Å². The Morgan fingerprint density at radius 1 is 1.06 bits per heavy atom. The molecule has 0 N–H and O–H groups in total. The number of rotatable bonds is 2. The lowest BCUT2D eigenvalue weighted by molar-refractivity contribution is -0.834. The van der Waals surface area contributed by atoms with E-state index in [0.717, 1.165) is 0 Å². The van der Waals surface area contributed by atoms with Crippen molar-refractivity contribution < 1.29 is 4.48 Å². The van der Waals surface area contributed by atoms with Gasteiger partial charge in [0.25, 0.3) is 0 Å². The summed E-state index contributed by atoms with van der Waals surface area (Å²) in [6, 6.07) is 11.0. The summed E-state index contributed by atoms with van der Waals surface area (Å²) in [4.78, 5) is 0. The molecule has 1 nitrogen and oxygen atoms in total. The molecule has 2 heterocycles. The van der Waals surface area contributed by atoms with Gasteiger partial charge in [-0.25, -0.2) is 0 Å². The van der Waals surface area contributed by atoms with Crippen LogP contribution in [0, 0.1) is 0 Å². The summed E-state index contributed by atoms with van der Waals surface area (Å²) in [6.07, 6.45) is 5.63. The van der Waals surface area contributed by atoms with Crippen LogP contribution in [-0.2, 0) is 6.42 Å². The van der Waals surface area contributed by atoms with Crippen LogP contribution in [0.15, 0.2) is 30.3 Å². The SMILES string of the molecule is C[C@]1(Cc2ccccc2)C[N+]12CCCCC2. The topological polar surface area (TPSA) is 0 Å². The number of piperidine rings is 1. The zero-order chi connectivity index (χ0) is 11.1. The molecule has 0 unspecified atom stereocenters. The highest BCUT2D eigenvalue weighted by Gasteiger charge is 2.65. The normalized spacial score (nSPS) is 31.6. The second kappa shape index (κ2) is 3.59. The highest BCUT2D eigenvalue weighted by atomic mass is 15.5. The van der Waals surface area contributed by atoms with Gasteiger partial charge in [0.05, 0.1) is 13.1 Å². The Kier molecular flexibility index (Phi) is 2.32. The highest BCUT2D eigenvalue weighted by molar-refractivity contribution is 5.18. The van der Waals surface area contributed by atoms with Crippen molar-refractivity contribution in [2.45, 2.75) is 38.1 Å². The summed E-state index contributed by atoms with van der Waals surface area (Å²) in [7, 11) is 0. The molecular weight excluding hydrogens is 194 g/mol. The zero-order valence-electron chi connectivity index (χ0n) is 10.3. The third-order valence-corrected chi connectivity index (χ3v) is 4.79. The maximum absolute atomic E-state index is 2.49. The molecule has 0 amide bonds. The summed E-state index contributed by atoms with van der Waals surface area (Å²) in [5.74, 6) is 0. The van der Waals surface area contributed by atoms with Crippen LogP contribution < -0.4 is 0 Å². The first-order valence-corrected chi connectivity index (χ1v) is 6.64. The fourth-order valence-electron chi connectivity index (χ4n) is 3.69. The monoisotopic (exact) mass is 216 g/mol. The fourth-order valence-corrected chi connectivity index (χ4v) is 3.69. The lowest BCUT2D eigenvalue weighted by atomic mass is 9.99. The molecule has 0 bridgehead atoms. The van der Waals surface area contributed by atoms with Crippen molar-refractivity contribution in [2.75, 3.05) is 19.6 Å². The van der Waals surface area contributed by atoms with Gasteiger partial charge < -0.3 is 4.48 Å². The van der Waals surface area contributed by atoms with Crippen molar-refractivity contribution in [3.63, 3.8) is 0 Å². The van der Waals surface area contributed by atoms with E-state index in [4.69, 9.17) is 0 Å². The summed E-state index contributed by atoms with van der Waals surface area (Å²) >= 11 is 0. The molecule has 2 saturated heterocycles. The van der Waals surface area contributed by atoms with Gasteiger partial charge in [-0.2, -0.15) is 0 Å². The van der Waals surface area contributed by atoms with E-state index in [-0.39, 0.29) is 0 Å². The lowest BCUT2D eigenvalue weighted by Crippen LogP contribution is -2.40. The number of nitrogens with zero attached hydrogens (tertiary/aromatic N) is 1. The Balaban J connectivity index is 1.72. The van der Waals surface area contributed by atoms with Crippen molar-refractivity contribution >= 4 is 0 Å². The van der Waals surface area contributed by atoms with Crippen molar-refractivity contribution in [1.29, 1.82) is 0 Å². The van der Waals surface area contributed by atoms with Crippen LogP contribution in [0.3, 0.4) is 0 Å². The Labute approximate surface area is 98.7 Å². The molecule has 1 heteroatoms. The van der Waals surface area contributed by atoms with E-state index in [1.165, 1.54) is 55.4 Å². The van der Waals surface area contributed by atoms with Crippen LogP contribution in [0.2, 0.25) is 0 Å². The molecule has 0 aromatic heterocycles. The maximum Gasteiger partial charge on any atom is 0.150 e. The Hall–Kier alpha value is -0.820. The van der Waals surface area contributed by atoms with E-state index in [0.29, 0.717) is 5.54 Å². The average molecular weight is 216 g/mol. The molecule has 2 aliphatic heterocycles. The van der Waals surface area contributed by atoms with Crippen LogP contribution in [0.25, 0.3) is 0 Å². The molecule has 0 saturated carbocycles. The number of quaternary nitrogens is 1. The van der Waals surface area contributed by atoms with Gasteiger partial charge in [0.15, 0.2) is 0 Å². The van der Waals surface area contributed by atoms with Crippen LogP contribution in [-0.4, -0.2) is 29.7 Å². The average Bonchev–Trinajstić information content (AvgIpc) is 2.84. The van der Waals surface area contributed by atoms with Gasteiger partial charge in [0, 0.05) is 6.42 Å². The van der Waals surface area contributed by atoms with Gasteiger partial charge in [-0.15, -0.1) is 0 Å².